The van der Waals surface area contributed by atoms with Crippen LogP contribution >= 0.6 is 0 Å². The minimum Gasteiger partial charge on any atom is -0.378 e. The van der Waals surface area contributed by atoms with Crippen molar-refractivity contribution in [3.8, 4) is 0 Å². The molecule has 0 spiro atoms. The van der Waals surface area contributed by atoms with E-state index in [1.165, 1.54) is 6.42 Å². The molecule has 1 saturated carbocycles. The molecule has 4 heteroatoms. The van der Waals surface area contributed by atoms with Crippen LogP contribution in [0.3, 0.4) is 0 Å². The Bertz CT molecular complexity index is 260. The monoisotopic (exact) mass is 210 g/mol. The van der Waals surface area contributed by atoms with E-state index in [-0.39, 0.29) is 11.6 Å². The highest BCUT2D eigenvalue weighted by molar-refractivity contribution is 6.11. The van der Waals surface area contributed by atoms with Gasteiger partial charge in [0.05, 0.1) is 24.8 Å². The van der Waals surface area contributed by atoms with Gasteiger partial charge in [0.2, 0.25) is 0 Å². The topological polar surface area (TPSA) is 27.7 Å². The Morgan fingerprint density at radius 3 is 3.13 bits per heavy atom. The van der Waals surface area contributed by atoms with Gasteiger partial charge in [0, 0.05) is 18.9 Å². The summed E-state index contributed by atoms with van der Waals surface area (Å²) in [5.74, 6) is 0.633. The molecule has 0 bridgehead atoms. The summed E-state index contributed by atoms with van der Waals surface area (Å²) in [7, 11) is 2.12. The van der Waals surface area contributed by atoms with Gasteiger partial charge >= 0.3 is 0 Å². The van der Waals surface area contributed by atoms with Crippen molar-refractivity contribution in [3.05, 3.63) is 0 Å². The van der Waals surface area contributed by atoms with E-state index >= 15 is 0 Å². The summed E-state index contributed by atoms with van der Waals surface area (Å²) >= 11 is 0. The Hall–Kier alpha value is -0.0551. The van der Waals surface area contributed by atoms with Crippen LogP contribution < -0.4 is 0 Å². The minimum absolute atomic E-state index is 0.0285. The van der Waals surface area contributed by atoms with Crippen molar-refractivity contribution in [2.45, 2.75) is 50.0 Å². The molecule has 2 heterocycles. The fourth-order valence-corrected chi connectivity index (χ4v) is 3.27. The number of ether oxygens (including phenoxy) is 3. The average Bonchev–Trinajstić information content (AvgIpc) is 2.30. The second kappa shape index (κ2) is 3.47. The van der Waals surface area contributed by atoms with Crippen LogP contribution in [0.1, 0.15) is 26.2 Å². The highest BCUT2D eigenvalue weighted by Gasteiger charge is 2.72. The summed E-state index contributed by atoms with van der Waals surface area (Å²) in [6.45, 7) is 3.84. The molecule has 0 aromatic heterocycles. The molecular formula is C11H19BO3. The smallest absolute Gasteiger partial charge is 0.142 e. The summed E-state index contributed by atoms with van der Waals surface area (Å²) in [6, 6.07) is 0.267. The lowest BCUT2D eigenvalue weighted by Gasteiger charge is -2.57. The van der Waals surface area contributed by atoms with E-state index in [1.807, 2.05) is 0 Å². The zero-order valence-electron chi connectivity index (χ0n) is 9.57. The van der Waals surface area contributed by atoms with Gasteiger partial charge in [-0.1, -0.05) is 13.3 Å². The van der Waals surface area contributed by atoms with Gasteiger partial charge in [-0.2, -0.15) is 0 Å². The summed E-state index contributed by atoms with van der Waals surface area (Å²) in [6.07, 6.45) is 4.24. The lowest BCUT2D eigenvalue weighted by Crippen LogP contribution is -2.69. The van der Waals surface area contributed by atoms with Crippen molar-refractivity contribution >= 4 is 7.85 Å². The Morgan fingerprint density at radius 1 is 1.53 bits per heavy atom. The number of unbranched alkanes of at least 4 members (excludes halogenated alkanes) is 1. The third-order valence-corrected chi connectivity index (χ3v) is 4.11. The van der Waals surface area contributed by atoms with E-state index in [1.54, 1.807) is 0 Å². The Morgan fingerprint density at radius 2 is 2.40 bits per heavy atom. The predicted molar refractivity (Wildman–Crippen MR) is 58.6 cm³/mol. The molecular weight excluding hydrogens is 191 g/mol. The van der Waals surface area contributed by atoms with Gasteiger partial charge in [0.25, 0.3) is 0 Å². The summed E-state index contributed by atoms with van der Waals surface area (Å²) in [5.41, 5.74) is 0.0285. The molecule has 3 aliphatic rings. The highest BCUT2D eigenvalue weighted by Crippen LogP contribution is 2.60. The molecule has 0 aromatic carbocycles. The molecule has 0 radical (unpaired) electrons. The van der Waals surface area contributed by atoms with Crippen LogP contribution in [0.15, 0.2) is 0 Å². The zero-order valence-corrected chi connectivity index (χ0v) is 9.57. The van der Waals surface area contributed by atoms with Crippen LogP contribution in [-0.4, -0.2) is 44.9 Å². The van der Waals surface area contributed by atoms with Gasteiger partial charge in [-0.3, -0.25) is 0 Å². The van der Waals surface area contributed by atoms with Crippen molar-refractivity contribution in [1.82, 2.24) is 0 Å². The molecule has 4 unspecified atom stereocenters. The SMILES string of the molecule is BC1O[C@@]2(COCCCC)CC3OC1C32. The van der Waals surface area contributed by atoms with Crippen LogP contribution in [0.4, 0.5) is 0 Å². The fourth-order valence-electron chi connectivity index (χ4n) is 3.27. The Kier molecular flexibility index (Phi) is 2.34. The van der Waals surface area contributed by atoms with E-state index in [2.05, 4.69) is 14.8 Å². The van der Waals surface area contributed by atoms with E-state index in [0.717, 1.165) is 26.1 Å². The van der Waals surface area contributed by atoms with Crippen molar-refractivity contribution in [2.75, 3.05) is 13.2 Å². The van der Waals surface area contributed by atoms with Gasteiger partial charge in [-0.25, -0.2) is 0 Å². The fraction of sp³-hybridized carbons (Fsp3) is 1.00. The van der Waals surface area contributed by atoms with Gasteiger partial charge in [-0.15, -0.1) is 0 Å². The average molecular weight is 210 g/mol. The molecule has 3 rings (SSSR count). The van der Waals surface area contributed by atoms with E-state index < -0.39 is 0 Å². The summed E-state index contributed by atoms with van der Waals surface area (Å²) in [4.78, 5) is 0. The quantitative estimate of drug-likeness (QED) is 0.483. The molecule has 0 aromatic rings. The van der Waals surface area contributed by atoms with Gasteiger partial charge in [-0.05, 0) is 6.42 Å². The maximum absolute atomic E-state index is 6.03. The minimum atomic E-state index is 0.0285. The number of rotatable bonds is 5. The second-order valence-electron chi connectivity index (χ2n) is 5.16. The zero-order chi connectivity index (χ0) is 10.5. The highest BCUT2D eigenvalue weighted by atomic mass is 16.6. The first-order valence-corrected chi connectivity index (χ1v) is 6.18. The van der Waals surface area contributed by atoms with Gasteiger partial charge in [0.15, 0.2) is 0 Å². The van der Waals surface area contributed by atoms with Crippen molar-refractivity contribution in [3.63, 3.8) is 0 Å². The van der Waals surface area contributed by atoms with Crippen LogP contribution in [-0.2, 0) is 14.2 Å². The third-order valence-electron chi connectivity index (χ3n) is 4.11. The van der Waals surface area contributed by atoms with Crippen LogP contribution in [0.5, 0.6) is 0 Å². The van der Waals surface area contributed by atoms with Crippen molar-refractivity contribution in [2.24, 2.45) is 5.92 Å². The number of hydrogen-bond acceptors (Lipinski definition) is 3. The normalized spacial score (nSPS) is 50.7. The molecule has 3 fully saturated rings. The predicted octanol–water partition coefficient (Wildman–Crippen LogP) is 0.319. The van der Waals surface area contributed by atoms with Crippen molar-refractivity contribution < 1.29 is 14.2 Å². The first kappa shape index (κ1) is 10.1. The van der Waals surface area contributed by atoms with Crippen LogP contribution in [0, 0.1) is 5.92 Å². The first-order chi connectivity index (χ1) is 7.27. The molecule has 15 heavy (non-hydrogen) atoms. The van der Waals surface area contributed by atoms with E-state index in [9.17, 15) is 0 Å². The summed E-state index contributed by atoms with van der Waals surface area (Å²) < 4.78 is 17.5. The molecule has 5 atom stereocenters. The lowest BCUT2D eigenvalue weighted by molar-refractivity contribution is -0.276. The lowest BCUT2D eigenvalue weighted by atomic mass is 9.61. The maximum atomic E-state index is 6.03. The molecule has 84 valence electrons. The molecule has 0 amide bonds. The van der Waals surface area contributed by atoms with Crippen LogP contribution in [0.25, 0.3) is 0 Å². The maximum Gasteiger partial charge on any atom is 0.142 e. The second-order valence-corrected chi connectivity index (χ2v) is 5.16. The van der Waals surface area contributed by atoms with Gasteiger partial charge < -0.3 is 14.2 Å². The Labute approximate surface area is 91.9 Å². The number of hydrogen-bond donors (Lipinski definition) is 0. The largest absolute Gasteiger partial charge is 0.378 e. The molecule has 3 nitrogen and oxygen atoms in total. The van der Waals surface area contributed by atoms with Crippen molar-refractivity contribution in [1.29, 1.82) is 0 Å². The first-order valence-electron chi connectivity index (χ1n) is 6.18. The van der Waals surface area contributed by atoms with E-state index in [0.29, 0.717) is 18.1 Å². The molecule has 1 aliphatic carbocycles. The molecule has 2 aliphatic heterocycles. The summed E-state index contributed by atoms with van der Waals surface area (Å²) in [5, 5.41) is 0. The molecule has 0 N–H and O–H groups in total. The van der Waals surface area contributed by atoms with Gasteiger partial charge in [0.1, 0.15) is 13.4 Å². The van der Waals surface area contributed by atoms with E-state index in [4.69, 9.17) is 14.2 Å². The standard InChI is InChI=1S/C11H19BO3/c1-2-3-4-13-6-11-5-7-8(11)9(14-7)10(12)15-11/h7-10H,2-6,12H2,1H3/t7?,8?,9?,10?,11-/m1/s1. The Balaban J connectivity index is 1.53. The van der Waals surface area contributed by atoms with Crippen LogP contribution in [0.2, 0.25) is 0 Å². The third kappa shape index (κ3) is 1.31. The molecule has 2 saturated heterocycles.